The van der Waals surface area contributed by atoms with Gasteiger partial charge in [-0.05, 0) is 43.1 Å². The van der Waals surface area contributed by atoms with Crippen LogP contribution in [0.1, 0.15) is 64.4 Å². The van der Waals surface area contributed by atoms with Gasteiger partial charge in [0.2, 0.25) is 5.82 Å². The number of carbonyl (C=O) groups excluding carboxylic acids is 1. The number of methoxy groups -OCH3 is 1. The van der Waals surface area contributed by atoms with Crippen LogP contribution in [0.5, 0.6) is 0 Å². The van der Waals surface area contributed by atoms with E-state index in [9.17, 15) is 20.0 Å². The summed E-state index contributed by atoms with van der Waals surface area (Å²) in [5.41, 5.74) is 0.602. The Labute approximate surface area is 166 Å². The molecule has 0 aliphatic heterocycles. The summed E-state index contributed by atoms with van der Waals surface area (Å²) in [5, 5.41) is 21.6. The molecule has 1 fully saturated rings. The van der Waals surface area contributed by atoms with E-state index in [4.69, 9.17) is 4.74 Å². The molecule has 28 heavy (non-hydrogen) atoms. The minimum absolute atomic E-state index is 0.0408. The zero-order valence-corrected chi connectivity index (χ0v) is 17.1. The summed E-state index contributed by atoms with van der Waals surface area (Å²) in [7, 11) is 1.32. The topological polar surface area (TPSA) is 106 Å². The molecule has 1 saturated carbocycles. The molecule has 1 aliphatic rings. The van der Waals surface area contributed by atoms with Crippen molar-refractivity contribution in [3.63, 3.8) is 0 Å². The lowest BCUT2D eigenvalue weighted by Gasteiger charge is -2.37. The third-order valence-electron chi connectivity index (χ3n) is 5.28. The Morgan fingerprint density at radius 3 is 2.54 bits per heavy atom. The Morgan fingerprint density at radius 1 is 1.36 bits per heavy atom. The number of aromatic nitrogens is 1. The van der Waals surface area contributed by atoms with Gasteiger partial charge in [0, 0.05) is 24.8 Å². The number of esters is 1. The van der Waals surface area contributed by atoms with E-state index in [2.05, 4.69) is 18.8 Å². The standard InChI is InChI=1S/C20H31N3O5/c1-13(2)12-22(16-5-7-17(24)8-6-16)20-18(23(26)27)10-15(11-21-20)14(3)9-19(25)28-4/h10-11,13-14,16-17,24H,5-9,12H2,1-4H3/t14-,16?,17?/m1/s1. The number of anilines is 1. The fourth-order valence-electron chi connectivity index (χ4n) is 3.71. The van der Waals surface area contributed by atoms with E-state index in [1.165, 1.54) is 13.2 Å². The first-order chi connectivity index (χ1) is 13.2. The minimum Gasteiger partial charge on any atom is -0.469 e. The van der Waals surface area contributed by atoms with Gasteiger partial charge >= 0.3 is 11.7 Å². The van der Waals surface area contributed by atoms with Crippen LogP contribution < -0.4 is 4.90 Å². The summed E-state index contributed by atoms with van der Waals surface area (Å²) in [5.74, 6) is 0.0952. The largest absolute Gasteiger partial charge is 0.469 e. The summed E-state index contributed by atoms with van der Waals surface area (Å²) < 4.78 is 4.69. The zero-order valence-electron chi connectivity index (χ0n) is 17.1. The molecule has 0 unspecified atom stereocenters. The SMILES string of the molecule is COC(=O)C[C@@H](C)c1cnc(N(CC(C)C)C2CCC(O)CC2)c([N+](=O)[O-])c1. The normalized spacial score (nSPS) is 20.6. The highest BCUT2D eigenvalue weighted by molar-refractivity contribution is 5.70. The average molecular weight is 393 g/mol. The molecule has 8 heteroatoms. The Bertz CT molecular complexity index is 686. The number of nitro groups is 1. The third kappa shape index (κ3) is 5.64. The second-order valence-corrected chi connectivity index (χ2v) is 8.06. The van der Waals surface area contributed by atoms with Crippen molar-refractivity contribution in [1.29, 1.82) is 0 Å². The maximum absolute atomic E-state index is 11.8. The van der Waals surface area contributed by atoms with E-state index < -0.39 is 4.92 Å². The Morgan fingerprint density at radius 2 is 2.00 bits per heavy atom. The number of nitrogens with zero attached hydrogens (tertiary/aromatic N) is 3. The van der Waals surface area contributed by atoms with Gasteiger partial charge in [0.25, 0.3) is 0 Å². The number of aliphatic hydroxyl groups excluding tert-OH is 1. The lowest BCUT2D eigenvalue weighted by Crippen LogP contribution is -2.42. The molecule has 1 aromatic heterocycles. The molecule has 156 valence electrons. The molecule has 0 amide bonds. The van der Waals surface area contributed by atoms with Crippen LogP contribution >= 0.6 is 0 Å². The van der Waals surface area contributed by atoms with E-state index in [-0.39, 0.29) is 36.1 Å². The van der Waals surface area contributed by atoms with Gasteiger partial charge in [0.1, 0.15) is 0 Å². The van der Waals surface area contributed by atoms with Crippen molar-refractivity contribution in [1.82, 2.24) is 4.98 Å². The van der Waals surface area contributed by atoms with Crippen molar-refractivity contribution in [2.45, 2.75) is 70.9 Å². The van der Waals surface area contributed by atoms with Crippen LogP contribution in [0.2, 0.25) is 0 Å². The summed E-state index contributed by atoms with van der Waals surface area (Å²) in [4.78, 5) is 29.4. The molecule has 0 bridgehead atoms. The number of hydrogen-bond donors (Lipinski definition) is 1. The number of rotatable bonds is 8. The van der Waals surface area contributed by atoms with E-state index in [1.54, 1.807) is 6.20 Å². The predicted molar refractivity (Wildman–Crippen MR) is 106 cm³/mol. The highest BCUT2D eigenvalue weighted by Gasteiger charge is 2.31. The second-order valence-electron chi connectivity index (χ2n) is 8.06. The molecule has 0 spiro atoms. The maximum atomic E-state index is 11.8. The quantitative estimate of drug-likeness (QED) is 0.410. The van der Waals surface area contributed by atoms with Gasteiger partial charge in [0.15, 0.2) is 0 Å². The zero-order chi connectivity index (χ0) is 20.8. The van der Waals surface area contributed by atoms with Gasteiger partial charge in [-0.15, -0.1) is 0 Å². The van der Waals surface area contributed by atoms with Crippen LogP contribution in [0, 0.1) is 16.0 Å². The van der Waals surface area contributed by atoms with Crippen LogP contribution in [0.25, 0.3) is 0 Å². The number of carbonyl (C=O) groups is 1. The van der Waals surface area contributed by atoms with Gasteiger partial charge in [-0.3, -0.25) is 14.9 Å². The van der Waals surface area contributed by atoms with Crippen molar-refractivity contribution in [2.75, 3.05) is 18.6 Å². The molecule has 0 radical (unpaired) electrons. The van der Waals surface area contributed by atoms with Crippen molar-refractivity contribution in [3.05, 3.63) is 27.9 Å². The summed E-state index contributed by atoms with van der Waals surface area (Å²) in [6.45, 7) is 6.63. The lowest BCUT2D eigenvalue weighted by molar-refractivity contribution is -0.384. The van der Waals surface area contributed by atoms with Gasteiger partial charge in [-0.2, -0.15) is 0 Å². The molecule has 1 aromatic rings. The first kappa shape index (κ1) is 22.1. The van der Waals surface area contributed by atoms with E-state index in [0.717, 1.165) is 12.8 Å². The van der Waals surface area contributed by atoms with E-state index in [1.807, 2.05) is 11.8 Å². The van der Waals surface area contributed by atoms with Crippen LogP contribution in [-0.4, -0.2) is 46.8 Å². The molecule has 1 N–H and O–H groups in total. The third-order valence-corrected chi connectivity index (χ3v) is 5.28. The smallest absolute Gasteiger partial charge is 0.311 e. The summed E-state index contributed by atoms with van der Waals surface area (Å²) in [6, 6.07) is 1.65. The van der Waals surface area contributed by atoms with E-state index >= 15 is 0 Å². The molecule has 8 nitrogen and oxygen atoms in total. The second kappa shape index (κ2) is 9.82. The molecular formula is C20H31N3O5. The fraction of sp³-hybridized carbons (Fsp3) is 0.700. The Kier molecular flexibility index (Phi) is 7.74. The fourth-order valence-corrected chi connectivity index (χ4v) is 3.71. The predicted octanol–water partition coefficient (Wildman–Crippen LogP) is 3.42. The monoisotopic (exact) mass is 393 g/mol. The van der Waals surface area contributed by atoms with Gasteiger partial charge in [-0.25, -0.2) is 4.98 Å². The van der Waals surface area contributed by atoms with Crippen molar-refractivity contribution in [2.24, 2.45) is 5.92 Å². The first-order valence-corrected chi connectivity index (χ1v) is 9.88. The molecule has 1 heterocycles. The first-order valence-electron chi connectivity index (χ1n) is 9.88. The highest BCUT2D eigenvalue weighted by atomic mass is 16.6. The molecule has 1 atom stereocenters. The van der Waals surface area contributed by atoms with E-state index in [0.29, 0.717) is 36.7 Å². The van der Waals surface area contributed by atoms with Crippen molar-refractivity contribution < 1.29 is 19.6 Å². The summed E-state index contributed by atoms with van der Waals surface area (Å²) >= 11 is 0. The molecule has 1 aliphatic carbocycles. The molecule has 0 saturated heterocycles. The highest BCUT2D eigenvalue weighted by Crippen LogP contribution is 2.35. The Balaban J connectivity index is 2.36. The van der Waals surface area contributed by atoms with Gasteiger partial charge in [-0.1, -0.05) is 20.8 Å². The molecule has 2 rings (SSSR count). The number of ether oxygens (including phenoxy) is 1. The summed E-state index contributed by atoms with van der Waals surface area (Å²) in [6.07, 6.45) is 4.44. The van der Waals surface area contributed by atoms with Crippen LogP contribution in [0.3, 0.4) is 0 Å². The number of hydrogen-bond acceptors (Lipinski definition) is 7. The molecular weight excluding hydrogens is 362 g/mol. The number of aliphatic hydroxyl groups is 1. The number of pyridine rings is 1. The lowest BCUT2D eigenvalue weighted by atomic mass is 9.91. The van der Waals surface area contributed by atoms with Crippen LogP contribution in [-0.2, 0) is 9.53 Å². The average Bonchev–Trinajstić information content (AvgIpc) is 2.66. The minimum atomic E-state index is -0.401. The van der Waals surface area contributed by atoms with Crippen molar-refractivity contribution >= 4 is 17.5 Å². The van der Waals surface area contributed by atoms with Gasteiger partial charge < -0.3 is 14.7 Å². The van der Waals surface area contributed by atoms with Crippen LogP contribution in [0.4, 0.5) is 11.5 Å². The van der Waals surface area contributed by atoms with Crippen molar-refractivity contribution in [3.8, 4) is 0 Å². The van der Waals surface area contributed by atoms with Gasteiger partial charge in [0.05, 0.1) is 24.6 Å². The molecule has 0 aromatic carbocycles. The van der Waals surface area contributed by atoms with Crippen LogP contribution in [0.15, 0.2) is 12.3 Å². The maximum Gasteiger partial charge on any atom is 0.311 e. The Hall–Kier alpha value is -2.22.